The summed E-state index contributed by atoms with van der Waals surface area (Å²) in [6.45, 7) is 5.66. The molecule has 0 amide bonds. The summed E-state index contributed by atoms with van der Waals surface area (Å²) in [5, 5.41) is 14.6. The number of aryl methyl sites for hydroxylation is 1. The van der Waals surface area contributed by atoms with Crippen molar-refractivity contribution in [1.29, 1.82) is 0 Å². The van der Waals surface area contributed by atoms with Crippen molar-refractivity contribution in [2.45, 2.75) is 36.2 Å². The minimum atomic E-state index is 0.300. The highest BCUT2D eigenvalue weighted by atomic mass is 32.2. The molecule has 1 aliphatic heterocycles. The number of hydrogen-bond acceptors (Lipinski definition) is 8. The lowest BCUT2D eigenvalue weighted by molar-refractivity contribution is -0.119. The van der Waals surface area contributed by atoms with Crippen LogP contribution in [0.3, 0.4) is 0 Å². The van der Waals surface area contributed by atoms with Gasteiger partial charge in [-0.05, 0) is 49.2 Å². The second-order valence-electron chi connectivity index (χ2n) is 8.36. The Balaban J connectivity index is 1.35. The lowest BCUT2D eigenvalue weighted by Gasteiger charge is -2.28. The van der Waals surface area contributed by atoms with Crippen LogP contribution in [0.5, 0.6) is 0 Å². The van der Waals surface area contributed by atoms with Gasteiger partial charge < -0.3 is 15.5 Å². The van der Waals surface area contributed by atoms with E-state index in [4.69, 9.17) is 9.97 Å². The number of nitrogens with one attached hydrogen (secondary N) is 3. The third kappa shape index (κ3) is 5.28. The van der Waals surface area contributed by atoms with Crippen LogP contribution in [0.2, 0.25) is 0 Å². The van der Waals surface area contributed by atoms with Crippen LogP contribution >= 0.6 is 11.8 Å². The third-order valence-electron chi connectivity index (χ3n) is 5.64. The maximum atomic E-state index is 12.1. The molecule has 3 aromatic rings. The highest BCUT2D eigenvalue weighted by molar-refractivity contribution is 7.99. The first-order chi connectivity index (χ1) is 15.6. The van der Waals surface area contributed by atoms with Crippen LogP contribution in [0.1, 0.15) is 24.1 Å². The van der Waals surface area contributed by atoms with E-state index in [1.54, 1.807) is 0 Å². The Morgan fingerprint density at radius 1 is 1.12 bits per heavy atom. The average Bonchev–Trinajstić information content (AvgIpc) is 3.58. The summed E-state index contributed by atoms with van der Waals surface area (Å²) < 4.78 is 0. The molecule has 32 heavy (non-hydrogen) atoms. The lowest BCUT2D eigenvalue weighted by atomic mass is 10.1. The summed E-state index contributed by atoms with van der Waals surface area (Å²) in [4.78, 5) is 25.0. The monoisotopic (exact) mass is 449 g/mol. The van der Waals surface area contributed by atoms with Crippen molar-refractivity contribution in [2.75, 3.05) is 36.4 Å². The molecular weight excluding hydrogens is 422 g/mol. The second-order valence-corrected chi connectivity index (χ2v) is 9.40. The van der Waals surface area contributed by atoms with Crippen LogP contribution in [0, 0.1) is 12.8 Å². The van der Waals surface area contributed by atoms with E-state index in [-0.39, 0.29) is 0 Å². The van der Waals surface area contributed by atoms with Crippen LogP contribution in [0.4, 0.5) is 17.5 Å². The Labute approximate surface area is 191 Å². The molecule has 166 valence electrons. The second kappa shape index (κ2) is 9.30. The van der Waals surface area contributed by atoms with E-state index in [9.17, 15) is 4.79 Å². The molecule has 9 heteroatoms. The van der Waals surface area contributed by atoms with Crippen LogP contribution in [0.25, 0.3) is 0 Å². The van der Waals surface area contributed by atoms with Crippen molar-refractivity contribution in [3.63, 3.8) is 0 Å². The number of benzene rings is 1. The number of piperazine rings is 1. The van der Waals surface area contributed by atoms with Gasteiger partial charge in [-0.1, -0.05) is 12.1 Å². The fraction of sp³-hybridized carbons (Fsp3) is 0.391. The number of carbonyl (C=O) groups excluding carboxylic acids is 1. The number of ketones is 1. The molecule has 1 saturated carbocycles. The molecule has 0 unspecified atom stereocenters. The molecule has 0 bridgehead atoms. The molecular formula is C23H27N7OS. The molecule has 3 N–H and O–H groups in total. The van der Waals surface area contributed by atoms with Gasteiger partial charge in [-0.3, -0.25) is 9.89 Å². The van der Waals surface area contributed by atoms with Crippen LogP contribution in [0.15, 0.2) is 46.5 Å². The standard InChI is InChI=1S/C23H27N7OS/c1-15-12-21(29-28-15)25-20-14-22(30-10-8-24-9-11-30)27-23(26-20)32-18-6-2-16(3-7-18)13-19(31)17-4-5-17/h2-3,6-7,12,14,17,24H,4-5,8-11,13H2,1H3,(H2,25,26,27,28,29). The van der Waals surface area contributed by atoms with Gasteiger partial charge in [-0.25, -0.2) is 9.97 Å². The molecule has 0 radical (unpaired) electrons. The number of hydrogen-bond donors (Lipinski definition) is 3. The summed E-state index contributed by atoms with van der Waals surface area (Å²) in [6, 6.07) is 12.1. The number of H-pyrrole nitrogens is 1. The Morgan fingerprint density at radius 3 is 2.59 bits per heavy atom. The number of anilines is 3. The Morgan fingerprint density at radius 2 is 1.91 bits per heavy atom. The SMILES string of the molecule is Cc1cc(Nc2cc(N3CCNCC3)nc(Sc3ccc(CC(=O)C4CC4)cc3)n2)n[nH]1. The van der Waals surface area contributed by atoms with Gasteiger partial charge in [0.05, 0.1) is 0 Å². The van der Waals surface area contributed by atoms with E-state index < -0.39 is 0 Å². The summed E-state index contributed by atoms with van der Waals surface area (Å²) in [6.07, 6.45) is 2.64. The van der Waals surface area contributed by atoms with Gasteiger partial charge in [-0.15, -0.1) is 0 Å². The third-order valence-corrected chi connectivity index (χ3v) is 6.51. The molecule has 2 aromatic heterocycles. The van der Waals surface area contributed by atoms with Crippen LogP contribution in [-0.4, -0.2) is 52.1 Å². The lowest BCUT2D eigenvalue weighted by Crippen LogP contribution is -2.44. The van der Waals surface area contributed by atoms with E-state index in [2.05, 4.69) is 25.7 Å². The molecule has 2 fully saturated rings. The quantitative estimate of drug-likeness (QED) is 0.451. The van der Waals surface area contributed by atoms with Crippen molar-refractivity contribution in [2.24, 2.45) is 5.92 Å². The Hall–Kier alpha value is -2.91. The highest BCUT2D eigenvalue weighted by Gasteiger charge is 2.29. The topological polar surface area (TPSA) is 98.8 Å². The van der Waals surface area contributed by atoms with E-state index in [1.807, 2.05) is 43.3 Å². The first-order valence-corrected chi connectivity index (χ1v) is 11.9. The zero-order valence-corrected chi connectivity index (χ0v) is 18.9. The Kier molecular flexibility index (Phi) is 6.09. The van der Waals surface area contributed by atoms with Gasteiger partial charge in [0.15, 0.2) is 11.0 Å². The van der Waals surface area contributed by atoms with Crippen LogP contribution in [-0.2, 0) is 11.2 Å². The zero-order valence-electron chi connectivity index (χ0n) is 18.1. The predicted octanol–water partition coefficient (Wildman–Crippen LogP) is 3.33. The fourth-order valence-corrected chi connectivity index (χ4v) is 4.49. The highest BCUT2D eigenvalue weighted by Crippen LogP contribution is 2.32. The largest absolute Gasteiger partial charge is 0.354 e. The number of aromatic amines is 1. The van der Waals surface area contributed by atoms with Crippen molar-refractivity contribution in [3.05, 3.63) is 47.7 Å². The molecule has 1 aromatic carbocycles. The minimum absolute atomic E-state index is 0.300. The van der Waals surface area contributed by atoms with E-state index >= 15 is 0 Å². The normalized spacial score (nSPS) is 16.2. The minimum Gasteiger partial charge on any atom is -0.354 e. The summed E-state index contributed by atoms with van der Waals surface area (Å²) in [7, 11) is 0. The number of aromatic nitrogens is 4. The van der Waals surface area contributed by atoms with Gasteiger partial charge in [0.2, 0.25) is 0 Å². The van der Waals surface area contributed by atoms with Gasteiger partial charge in [0.25, 0.3) is 0 Å². The fourth-order valence-electron chi connectivity index (χ4n) is 3.72. The first kappa shape index (κ1) is 21.0. The summed E-state index contributed by atoms with van der Waals surface area (Å²) >= 11 is 1.52. The van der Waals surface area contributed by atoms with Crippen molar-refractivity contribution < 1.29 is 4.79 Å². The zero-order chi connectivity index (χ0) is 21.9. The molecule has 5 rings (SSSR count). The molecule has 3 heterocycles. The molecule has 8 nitrogen and oxygen atoms in total. The molecule has 1 saturated heterocycles. The molecule has 0 spiro atoms. The van der Waals surface area contributed by atoms with Crippen LogP contribution < -0.4 is 15.5 Å². The van der Waals surface area contributed by atoms with Gasteiger partial charge >= 0.3 is 0 Å². The smallest absolute Gasteiger partial charge is 0.196 e. The molecule has 0 atom stereocenters. The van der Waals surface area contributed by atoms with E-state index in [1.165, 1.54) is 11.8 Å². The summed E-state index contributed by atoms with van der Waals surface area (Å²) in [5.41, 5.74) is 2.05. The van der Waals surface area contributed by atoms with Gasteiger partial charge in [0, 0.05) is 61.2 Å². The summed E-state index contributed by atoms with van der Waals surface area (Å²) in [5.74, 6) is 3.02. The number of carbonyl (C=O) groups is 1. The van der Waals surface area contributed by atoms with Crippen molar-refractivity contribution in [1.82, 2.24) is 25.5 Å². The van der Waals surface area contributed by atoms with Gasteiger partial charge in [0.1, 0.15) is 17.4 Å². The van der Waals surface area contributed by atoms with Gasteiger partial charge in [-0.2, -0.15) is 5.10 Å². The Bertz CT molecular complexity index is 1090. The van der Waals surface area contributed by atoms with E-state index in [0.717, 1.165) is 66.8 Å². The number of rotatable bonds is 8. The van der Waals surface area contributed by atoms with Crippen molar-refractivity contribution in [3.8, 4) is 0 Å². The number of nitrogens with zero attached hydrogens (tertiary/aromatic N) is 4. The number of Topliss-reactive ketones (excluding diaryl/α,β-unsaturated/α-hetero) is 1. The molecule has 1 aliphatic carbocycles. The first-order valence-electron chi connectivity index (χ1n) is 11.1. The van der Waals surface area contributed by atoms with E-state index in [0.29, 0.717) is 29.1 Å². The maximum absolute atomic E-state index is 12.1. The maximum Gasteiger partial charge on any atom is 0.196 e. The average molecular weight is 450 g/mol. The van der Waals surface area contributed by atoms with Crippen molar-refractivity contribution >= 4 is 35.0 Å². The predicted molar refractivity (Wildman–Crippen MR) is 126 cm³/mol. The molecule has 2 aliphatic rings.